The number of pyridine rings is 2. The molecule has 2 aromatic carbocycles. The fraction of sp³-hybridized carbons (Fsp3) is 0.0833. The number of aromatic nitrogens is 2. The van der Waals surface area contributed by atoms with Crippen LogP contribution >= 0.6 is 0 Å². The van der Waals surface area contributed by atoms with Crippen molar-refractivity contribution in [2.45, 2.75) is 13.1 Å². The summed E-state index contributed by atoms with van der Waals surface area (Å²) in [5, 5.41) is 7.61. The second-order valence-corrected chi connectivity index (χ2v) is 6.85. The number of nitrogens with one attached hydrogen (secondary N) is 2. The lowest BCUT2D eigenvalue weighted by Gasteiger charge is -2.08. The number of rotatable bonds is 6. The van der Waals surface area contributed by atoms with Crippen molar-refractivity contribution in [2.24, 2.45) is 0 Å². The summed E-state index contributed by atoms with van der Waals surface area (Å²) in [4.78, 5) is 32.9. The van der Waals surface area contributed by atoms with Gasteiger partial charge < -0.3 is 10.6 Å². The van der Waals surface area contributed by atoms with Crippen LogP contribution in [-0.2, 0) is 13.1 Å². The van der Waals surface area contributed by atoms with Crippen LogP contribution in [0.3, 0.4) is 0 Å². The van der Waals surface area contributed by atoms with Crippen molar-refractivity contribution < 1.29 is 9.59 Å². The summed E-state index contributed by atoms with van der Waals surface area (Å²) >= 11 is 0. The van der Waals surface area contributed by atoms with Gasteiger partial charge in [0.05, 0.1) is 0 Å². The van der Waals surface area contributed by atoms with Crippen molar-refractivity contribution in [3.05, 3.63) is 108 Å². The Morgan fingerprint density at radius 1 is 0.600 bits per heavy atom. The molecule has 0 bridgehead atoms. The number of carbonyl (C=O) groups excluding carboxylic acids is 2. The van der Waals surface area contributed by atoms with E-state index in [0.29, 0.717) is 24.2 Å². The van der Waals surface area contributed by atoms with Gasteiger partial charge >= 0.3 is 0 Å². The molecule has 0 saturated heterocycles. The zero-order valence-electron chi connectivity index (χ0n) is 16.2. The highest BCUT2D eigenvalue weighted by Crippen LogP contribution is 2.18. The highest BCUT2D eigenvalue weighted by Gasteiger charge is 2.09. The number of hydrogen-bond acceptors (Lipinski definition) is 4. The quantitative estimate of drug-likeness (QED) is 0.523. The average Bonchev–Trinajstić information content (AvgIpc) is 2.81. The first-order chi connectivity index (χ1) is 14.7. The molecule has 2 amide bonds. The van der Waals surface area contributed by atoms with Crippen molar-refractivity contribution in [3.8, 4) is 0 Å². The van der Waals surface area contributed by atoms with Crippen LogP contribution in [0, 0.1) is 0 Å². The molecule has 148 valence electrons. The van der Waals surface area contributed by atoms with Gasteiger partial charge in [0.2, 0.25) is 0 Å². The predicted molar refractivity (Wildman–Crippen MR) is 115 cm³/mol. The van der Waals surface area contributed by atoms with Crippen LogP contribution in [0.25, 0.3) is 10.8 Å². The first-order valence-electron chi connectivity index (χ1n) is 9.57. The molecule has 0 aliphatic carbocycles. The SMILES string of the molecule is O=C(NCc1ccncc1)c1ccc2cc(C(=O)NCc3ccncc3)ccc2c1. The minimum atomic E-state index is -0.145. The van der Waals surface area contributed by atoms with Crippen LogP contribution in [0.15, 0.2) is 85.5 Å². The molecule has 0 unspecified atom stereocenters. The maximum Gasteiger partial charge on any atom is 0.251 e. The summed E-state index contributed by atoms with van der Waals surface area (Å²) in [6, 6.07) is 18.4. The highest BCUT2D eigenvalue weighted by molar-refractivity contribution is 6.01. The fourth-order valence-corrected chi connectivity index (χ4v) is 3.10. The topological polar surface area (TPSA) is 84.0 Å². The van der Waals surface area contributed by atoms with E-state index in [2.05, 4.69) is 20.6 Å². The zero-order valence-corrected chi connectivity index (χ0v) is 16.2. The van der Waals surface area contributed by atoms with Crippen LogP contribution in [0.2, 0.25) is 0 Å². The number of nitrogens with zero attached hydrogens (tertiary/aromatic N) is 2. The molecule has 0 saturated carbocycles. The first kappa shape index (κ1) is 19.3. The molecular weight excluding hydrogens is 376 g/mol. The van der Waals surface area contributed by atoms with Crippen molar-refractivity contribution >= 4 is 22.6 Å². The second-order valence-electron chi connectivity index (χ2n) is 6.85. The summed E-state index contributed by atoms with van der Waals surface area (Å²) in [7, 11) is 0. The van der Waals surface area contributed by atoms with Gasteiger partial charge in [-0.05, 0) is 70.4 Å². The van der Waals surface area contributed by atoms with Crippen LogP contribution in [0.4, 0.5) is 0 Å². The largest absolute Gasteiger partial charge is 0.348 e. The van der Waals surface area contributed by atoms with E-state index in [-0.39, 0.29) is 11.8 Å². The Balaban J connectivity index is 1.42. The number of amides is 2. The molecule has 2 aromatic heterocycles. The number of fused-ring (bicyclic) bond motifs is 1. The van der Waals surface area contributed by atoms with Crippen molar-refractivity contribution in [1.29, 1.82) is 0 Å². The van der Waals surface area contributed by atoms with Gasteiger partial charge in [0.15, 0.2) is 0 Å². The van der Waals surface area contributed by atoms with Gasteiger partial charge in [-0.25, -0.2) is 0 Å². The van der Waals surface area contributed by atoms with E-state index in [1.165, 1.54) is 0 Å². The Labute approximate surface area is 174 Å². The van der Waals surface area contributed by atoms with E-state index >= 15 is 0 Å². The molecular formula is C24H20N4O2. The van der Waals surface area contributed by atoms with Crippen LogP contribution in [0.5, 0.6) is 0 Å². The summed E-state index contributed by atoms with van der Waals surface area (Å²) in [6.07, 6.45) is 6.79. The molecule has 0 fully saturated rings. The van der Waals surface area contributed by atoms with Gasteiger partial charge in [-0.3, -0.25) is 19.6 Å². The van der Waals surface area contributed by atoms with E-state index in [4.69, 9.17) is 0 Å². The molecule has 0 spiro atoms. The maximum atomic E-state index is 12.5. The summed E-state index contributed by atoms with van der Waals surface area (Å²) in [5.41, 5.74) is 3.13. The molecule has 0 aliphatic heterocycles. The monoisotopic (exact) mass is 396 g/mol. The van der Waals surface area contributed by atoms with Crippen LogP contribution in [0.1, 0.15) is 31.8 Å². The van der Waals surface area contributed by atoms with E-state index in [0.717, 1.165) is 21.9 Å². The molecule has 4 rings (SSSR count). The van der Waals surface area contributed by atoms with Gasteiger partial charge in [0.25, 0.3) is 11.8 Å². The van der Waals surface area contributed by atoms with E-state index in [1.807, 2.05) is 48.5 Å². The van der Waals surface area contributed by atoms with Gasteiger partial charge in [0.1, 0.15) is 0 Å². The smallest absolute Gasteiger partial charge is 0.251 e. The third-order valence-electron chi connectivity index (χ3n) is 4.77. The molecule has 6 nitrogen and oxygen atoms in total. The predicted octanol–water partition coefficient (Wildman–Crippen LogP) is 3.49. The minimum absolute atomic E-state index is 0.145. The number of hydrogen-bond donors (Lipinski definition) is 2. The van der Waals surface area contributed by atoms with Crippen molar-refractivity contribution in [3.63, 3.8) is 0 Å². The third kappa shape index (κ3) is 4.67. The first-order valence-corrected chi connectivity index (χ1v) is 9.57. The van der Waals surface area contributed by atoms with Crippen LogP contribution < -0.4 is 10.6 Å². The zero-order chi connectivity index (χ0) is 20.8. The molecule has 6 heteroatoms. The normalized spacial score (nSPS) is 10.5. The third-order valence-corrected chi connectivity index (χ3v) is 4.77. The van der Waals surface area contributed by atoms with Gasteiger partial charge in [-0.2, -0.15) is 0 Å². The minimum Gasteiger partial charge on any atom is -0.348 e. The summed E-state index contributed by atoms with van der Waals surface area (Å²) in [6.45, 7) is 0.881. The van der Waals surface area contributed by atoms with E-state index < -0.39 is 0 Å². The Bertz CT molecular complexity index is 1080. The highest BCUT2D eigenvalue weighted by atomic mass is 16.2. The standard InChI is InChI=1S/C24H20N4O2/c29-23(27-15-17-5-9-25-10-6-17)21-3-1-19-13-22(4-2-20(19)14-21)24(30)28-16-18-7-11-26-12-8-18/h1-14H,15-16H2,(H,27,29)(H,28,30). The Kier molecular flexibility index (Phi) is 5.75. The molecule has 30 heavy (non-hydrogen) atoms. The molecule has 0 atom stereocenters. The summed E-state index contributed by atoms with van der Waals surface area (Å²) < 4.78 is 0. The Morgan fingerprint density at radius 3 is 1.40 bits per heavy atom. The molecule has 0 radical (unpaired) electrons. The van der Waals surface area contributed by atoms with Gasteiger partial charge in [0, 0.05) is 49.0 Å². The lowest BCUT2D eigenvalue weighted by molar-refractivity contribution is 0.0942. The summed E-state index contributed by atoms with van der Waals surface area (Å²) in [5.74, 6) is -0.291. The lowest BCUT2D eigenvalue weighted by atomic mass is 10.0. The average molecular weight is 396 g/mol. The lowest BCUT2D eigenvalue weighted by Crippen LogP contribution is -2.23. The van der Waals surface area contributed by atoms with Gasteiger partial charge in [-0.15, -0.1) is 0 Å². The van der Waals surface area contributed by atoms with E-state index in [1.54, 1.807) is 36.9 Å². The van der Waals surface area contributed by atoms with Gasteiger partial charge in [-0.1, -0.05) is 12.1 Å². The molecule has 2 heterocycles. The van der Waals surface area contributed by atoms with Crippen molar-refractivity contribution in [2.75, 3.05) is 0 Å². The molecule has 0 aliphatic rings. The Morgan fingerprint density at radius 2 is 1.00 bits per heavy atom. The number of carbonyl (C=O) groups is 2. The Hall–Kier alpha value is -4.06. The molecule has 2 N–H and O–H groups in total. The van der Waals surface area contributed by atoms with Crippen LogP contribution in [-0.4, -0.2) is 21.8 Å². The number of benzene rings is 2. The molecule has 4 aromatic rings. The van der Waals surface area contributed by atoms with Crippen molar-refractivity contribution in [1.82, 2.24) is 20.6 Å². The fourth-order valence-electron chi connectivity index (χ4n) is 3.10. The maximum absolute atomic E-state index is 12.5. The second kappa shape index (κ2) is 8.96. The van der Waals surface area contributed by atoms with E-state index in [9.17, 15) is 9.59 Å².